The van der Waals surface area contributed by atoms with E-state index in [9.17, 15) is 0 Å². The molecule has 2 aliphatic heterocycles. The molecule has 1 aromatic rings. The van der Waals surface area contributed by atoms with E-state index in [1.54, 1.807) is 0 Å². The van der Waals surface area contributed by atoms with E-state index in [0.29, 0.717) is 24.6 Å². The van der Waals surface area contributed by atoms with Crippen LogP contribution in [0.4, 0.5) is 0 Å². The summed E-state index contributed by atoms with van der Waals surface area (Å²) in [4.78, 5) is 11.6. The summed E-state index contributed by atoms with van der Waals surface area (Å²) in [5.41, 5.74) is 1.13. The van der Waals surface area contributed by atoms with Crippen molar-refractivity contribution < 1.29 is 14.2 Å². The molecule has 0 spiro atoms. The second-order valence-electron chi connectivity index (χ2n) is 8.58. The number of nitrogens with one attached hydrogen (secondary N) is 1. The van der Waals surface area contributed by atoms with Crippen LogP contribution in [0.5, 0.6) is 5.88 Å². The molecule has 7 nitrogen and oxygen atoms in total. The van der Waals surface area contributed by atoms with Crippen LogP contribution in [0.3, 0.4) is 0 Å². The average Bonchev–Trinajstić information content (AvgIpc) is 3.47. The van der Waals surface area contributed by atoms with Crippen molar-refractivity contribution in [3.63, 3.8) is 0 Å². The highest BCUT2D eigenvalue weighted by Crippen LogP contribution is 2.29. The van der Waals surface area contributed by atoms with Gasteiger partial charge in [-0.05, 0) is 63.0 Å². The Labute approximate surface area is 203 Å². The molecular formula is C23H37IN4O3. The summed E-state index contributed by atoms with van der Waals surface area (Å²) in [6, 6.07) is 4.03. The van der Waals surface area contributed by atoms with Crippen LogP contribution in [0.25, 0.3) is 0 Å². The first kappa shape index (κ1) is 24.5. The van der Waals surface area contributed by atoms with Crippen molar-refractivity contribution in [3.05, 3.63) is 23.9 Å². The van der Waals surface area contributed by atoms with E-state index in [2.05, 4.69) is 22.1 Å². The van der Waals surface area contributed by atoms with Gasteiger partial charge in [0.2, 0.25) is 5.88 Å². The van der Waals surface area contributed by atoms with E-state index in [1.165, 1.54) is 19.3 Å². The number of halogens is 1. The molecule has 0 amide bonds. The van der Waals surface area contributed by atoms with Gasteiger partial charge in [0.1, 0.15) is 0 Å². The fraction of sp³-hybridized carbons (Fsp3) is 0.739. The van der Waals surface area contributed by atoms with Gasteiger partial charge in [0.15, 0.2) is 5.96 Å². The number of ether oxygens (including phenoxy) is 3. The van der Waals surface area contributed by atoms with E-state index in [1.807, 2.05) is 18.3 Å². The maximum absolute atomic E-state index is 6.11. The number of rotatable bonds is 9. The van der Waals surface area contributed by atoms with Crippen molar-refractivity contribution in [2.75, 3.05) is 39.5 Å². The number of pyridine rings is 1. The van der Waals surface area contributed by atoms with Crippen LogP contribution in [0, 0.1) is 5.92 Å². The lowest BCUT2D eigenvalue weighted by molar-refractivity contribution is -0.0367. The highest BCUT2D eigenvalue weighted by Gasteiger charge is 2.24. The smallest absolute Gasteiger partial charge is 0.213 e. The lowest BCUT2D eigenvalue weighted by Crippen LogP contribution is -2.47. The molecule has 1 saturated carbocycles. The third kappa shape index (κ3) is 8.05. The average molecular weight is 544 g/mol. The quantitative estimate of drug-likeness (QED) is 0.291. The Hall–Kier alpha value is -1.13. The molecule has 2 saturated heterocycles. The predicted molar refractivity (Wildman–Crippen MR) is 132 cm³/mol. The zero-order chi connectivity index (χ0) is 20.6. The van der Waals surface area contributed by atoms with E-state index in [-0.39, 0.29) is 24.0 Å². The van der Waals surface area contributed by atoms with Gasteiger partial charge in [-0.15, -0.1) is 24.0 Å². The van der Waals surface area contributed by atoms with Gasteiger partial charge in [-0.3, -0.25) is 0 Å². The number of aliphatic imine (C=N–C) groups is 1. The van der Waals surface area contributed by atoms with Gasteiger partial charge in [0.05, 0.1) is 32.0 Å². The molecule has 0 bridgehead atoms. The lowest BCUT2D eigenvalue weighted by atomic mass is 10.1. The Morgan fingerprint density at radius 3 is 2.77 bits per heavy atom. The van der Waals surface area contributed by atoms with Gasteiger partial charge in [0.25, 0.3) is 0 Å². The molecule has 0 aromatic carbocycles. The maximum atomic E-state index is 6.11. The molecule has 3 heterocycles. The molecular weight excluding hydrogens is 507 g/mol. The second kappa shape index (κ2) is 12.8. The number of aromatic nitrogens is 1. The Kier molecular flexibility index (Phi) is 10.1. The van der Waals surface area contributed by atoms with Crippen LogP contribution >= 0.6 is 24.0 Å². The molecule has 1 aromatic heterocycles. The van der Waals surface area contributed by atoms with Crippen LogP contribution in [0.1, 0.15) is 51.0 Å². The highest BCUT2D eigenvalue weighted by atomic mass is 127. The van der Waals surface area contributed by atoms with Crippen molar-refractivity contribution in [2.45, 2.75) is 64.2 Å². The van der Waals surface area contributed by atoms with Crippen molar-refractivity contribution >= 4 is 29.9 Å². The first-order valence-electron chi connectivity index (χ1n) is 11.6. The van der Waals surface area contributed by atoms with Crippen molar-refractivity contribution in [3.8, 4) is 5.88 Å². The molecule has 3 fully saturated rings. The topological polar surface area (TPSA) is 68.2 Å². The van der Waals surface area contributed by atoms with Gasteiger partial charge in [-0.25, -0.2) is 9.98 Å². The summed E-state index contributed by atoms with van der Waals surface area (Å²) in [5.74, 6) is 2.42. The van der Waals surface area contributed by atoms with Gasteiger partial charge < -0.3 is 24.4 Å². The van der Waals surface area contributed by atoms with Gasteiger partial charge in [-0.1, -0.05) is 0 Å². The first-order valence-corrected chi connectivity index (χ1v) is 11.6. The van der Waals surface area contributed by atoms with Crippen LogP contribution in [0.15, 0.2) is 23.3 Å². The van der Waals surface area contributed by atoms with Gasteiger partial charge in [0, 0.05) is 38.5 Å². The standard InChI is InChI=1S/C23H36N4O3.HI/c1-2-24-23(26-15-19-7-10-25-22(14-19)30-16-18-5-6-18)27-11-8-20(9-12-27)29-17-21-4-3-13-28-21;/h7,10,14,18,20-21H,2-6,8-9,11-13,15-17H2,1H3,(H,24,26);1H. The van der Waals surface area contributed by atoms with Crippen molar-refractivity contribution in [2.24, 2.45) is 10.9 Å². The number of hydrogen-bond donors (Lipinski definition) is 1. The van der Waals surface area contributed by atoms with Gasteiger partial charge >= 0.3 is 0 Å². The molecule has 1 aliphatic carbocycles. The van der Waals surface area contributed by atoms with Crippen molar-refractivity contribution in [1.82, 2.24) is 15.2 Å². The second-order valence-corrected chi connectivity index (χ2v) is 8.58. The molecule has 0 radical (unpaired) electrons. The molecule has 4 rings (SSSR count). The fourth-order valence-electron chi connectivity index (χ4n) is 3.96. The zero-order valence-electron chi connectivity index (χ0n) is 18.6. The molecule has 174 valence electrons. The van der Waals surface area contributed by atoms with Crippen LogP contribution in [0.2, 0.25) is 0 Å². The van der Waals surface area contributed by atoms with Gasteiger partial charge in [-0.2, -0.15) is 0 Å². The van der Waals surface area contributed by atoms with E-state index in [4.69, 9.17) is 19.2 Å². The number of nitrogens with zero attached hydrogens (tertiary/aromatic N) is 3. The molecule has 1 N–H and O–H groups in total. The molecule has 1 atom stereocenters. The monoisotopic (exact) mass is 544 g/mol. The number of guanidine groups is 1. The summed E-state index contributed by atoms with van der Waals surface area (Å²) < 4.78 is 17.6. The number of likely N-dealkylation sites (tertiary alicyclic amines) is 1. The lowest BCUT2D eigenvalue weighted by Gasteiger charge is -2.34. The SMILES string of the molecule is CCNC(=NCc1ccnc(OCC2CC2)c1)N1CCC(OCC2CCCO2)CC1.I. The molecule has 8 heteroatoms. The Balaban J connectivity index is 0.00000272. The summed E-state index contributed by atoms with van der Waals surface area (Å²) in [6.07, 6.45) is 9.39. The minimum Gasteiger partial charge on any atom is -0.477 e. The van der Waals surface area contributed by atoms with Crippen LogP contribution in [-0.4, -0.2) is 67.5 Å². The zero-order valence-corrected chi connectivity index (χ0v) is 21.0. The van der Waals surface area contributed by atoms with E-state index in [0.717, 1.165) is 76.2 Å². The van der Waals surface area contributed by atoms with Crippen LogP contribution < -0.4 is 10.1 Å². The maximum Gasteiger partial charge on any atom is 0.213 e. The summed E-state index contributed by atoms with van der Waals surface area (Å²) >= 11 is 0. The highest BCUT2D eigenvalue weighted by molar-refractivity contribution is 14.0. The summed E-state index contributed by atoms with van der Waals surface area (Å²) in [7, 11) is 0. The predicted octanol–water partition coefficient (Wildman–Crippen LogP) is 3.61. The third-order valence-electron chi connectivity index (χ3n) is 5.99. The molecule has 3 aliphatic rings. The Morgan fingerprint density at radius 1 is 1.23 bits per heavy atom. The molecule has 31 heavy (non-hydrogen) atoms. The van der Waals surface area contributed by atoms with E-state index < -0.39 is 0 Å². The van der Waals surface area contributed by atoms with Crippen molar-refractivity contribution in [1.29, 1.82) is 0 Å². The molecule has 1 unspecified atom stereocenters. The first-order chi connectivity index (χ1) is 14.8. The minimum atomic E-state index is 0. The third-order valence-corrected chi connectivity index (χ3v) is 5.99. The summed E-state index contributed by atoms with van der Waals surface area (Å²) in [5, 5.41) is 3.45. The number of piperidine rings is 1. The normalized spacial score (nSPS) is 22.3. The Bertz CT molecular complexity index is 687. The van der Waals surface area contributed by atoms with Crippen LogP contribution in [-0.2, 0) is 16.0 Å². The summed E-state index contributed by atoms with van der Waals surface area (Å²) in [6.45, 7) is 7.95. The largest absolute Gasteiger partial charge is 0.477 e. The minimum absolute atomic E-state index is 0. The fourth-order valence-corrected chi connectivity index (χ4v) is 3.96. The number of hydrogen-bond acceptors (Lipinski definition) is 5. The van der Waals surface area contributed by atoms with E-state index >= 15 is 0 Å². The Morgan fingerprint density at radius 2 is 2.06 bits per heavy atom.